The zero-order chi connectivity index (χ0) is 14.1. The van der Waals surface area contributed by atoms with Crippen LogP contribution in [0.25, 0.3) is 11.7 Å². The molecular formula is C13H16BrN3O3. The second-order valence-corrected chi connectivity index (χ2v) is 5.84. The fraction of sp³-hybridized carbons (Fsp3) is 0.538. The number of morpholine rings is 1. The fourth-order valence-corrected chi connectivity index (χ4v) is 2.76. The van der Waals surface area contributed by atoms with Crippen LogP contribution in [0.5, 0.6) is 0 Å². The van der Waals surface area contributed by atoms with Crippen molar-refractivity contribution in [3.63, 3.8) is 0 Å². The molecule has 20 heavy (non-hydrogen) atoms. The molecule has 0 spiro atoms. The summed E-state index contributed by atoms with van der Waals surface area (Å²) in [5, 5.41) is 8.09. The first kappa shape index (κ1) is 13.8. The monoisotopic (exact) mass is 341 g/mol. The predicted molar refractivity (Wildman–Crippen MR) is 75.0 cm³/mol. The molecular weight excluding hydrogens is 326 g/mol. The van der Waals surface area contributed by atoms with E-state index in [4.69, 9.17) is 13.6 Å². The van der Waals surface area contributed by atoms with Gasteiger partial charge in [0.1, 0.15) is 0 Å². The Balaban J connectivity index is 1.68. The topological polar surface area (TPSA) is 64.5 Å². The van der Waals surface area contributed by atoms with Crippen molar-refractivity contribution in [2.75, 3.05) is 13.1 Å². The van der Waals surface area contributed by atoms with Crippen molar-refractivity contribution in [2.45, 2.75) is 32.6 Å². The summed E-state index contributed by atoms with van der Waals surface area (Å²) in [5.41, 5.74) is 0. The molecule has 0 saturated carbocycles. The van der Waals surface area contributed by atoms with Crippen LogP contribution in [0, 0.1) is 0 Å². The van der Waals surface area contributed by atoms with Crippen molar-refractivity contribution >= 4 is 15.9 Å². The van der Waals surface area contributed by atoms with Crippen LogP contribution >= 0.6 is 15.9 Å². The van der Waals surface area contributed by atoms with Crippen molar-refractivity contribution in [2.24, 2.45) is 0 Å². The van der Waals surface area contributed by atoms with Crippen molar-refractivity contribution in [1.29, 1.82) is 0 Å². The Kier molecular flexibility index (Phi) is 3.91. The van der Waals surface area contributed by atoms with E-state index in [9.17, 15) is 0 Å². The first-order valence-corrected chi connectivity index (χ1v) is 7.35. The number of nitrogens with zero attached hydrogens (tertiary/aromatic N) is 3. The molecule has 0 unspecified atom stereocenters. The summed E-state index contributed by atoms with van der Waals surface area (Å²) < 4.78 is 17.4. The van der Waals surface area contributed by atoms with E-state index in [0.29, 0.717) is 28.8 Å². The third kappa shape index (κ3) is 3.11. The maximum atomic E-state index is 5.70. The Morgan fingerprint density at radius 1 is 1.20 bits per heavy atom. The Hall–Kier alpha value is -1.18. The summed E-state index contributed by atoms with van der Waals surface area (Å²) in [6.07, 6.45) is 0.448. The molecule has 2 aromatic rings. The normalized spacial score (nSPS) is 24.1. The molecule has 1 aliphatic rings. The van der Waals surface area contributed by atoms with E-state index in [0.717, 1.165) is 13.1 Å². The van der Waals surface area contributed by atoms with E-state index in [2.05, 4.69) is 44.9 Å². The molecule has 0 aromatic carbocycles. The van der Waals surface area contributed by atoms with Gasteiger partial charge in [-0.15, -0.1) is 10.2 Å². The predicted octanol–water partition coefficient (Wildman–Crippen LogP) is 2.70. The lowest BCUT2D eigenvalue weighted by molar-refractivity contribution is -0.0721. The molecule has 0 bridgehead atoms. The molecule has 2 atom stereocenters. The smallest absolute Gasteiger partial charge is 0.283 e. The number of rotatable bonds is 3. The molecule has 6 nitrogen and oxygen atoms in total. The number of hydrogen-bond donors (Lipinski definition) is 0. The third-order valence-electron chi connectivity index (χ3n) is 3.10. The lowest BCUT2D eigenvalue weighted by Gasteiger charge is -2.34. The summed E-state index contributed by atoms with van der Waals surface area (Å²) in [4.78, 5) is 2.26. The quantitative estimate of drug-likeness (QED) is 0.855. The van der Waals surface area contributed by atoms with Crippen LogP contribution in [0.4, 0.5) is 0 Å². The summed E-state index contributed by atoms with van der Waals surface area (Å²) in [6, 6.07) is 3.59. The van der Waals surface area contributed by atoms with Crippen LogP contribution in [0.3, 0.4) is 0 Å². The molecule has 1 saturated heterocycles. The fourth-order valence-electron chi connectivity index (χ4n) is 2.45. The maximum absolute atomic E-state index is 5.70. The maximum Gasteiger partial charge on any atom is 0.283 e. The molecule has 0 aliphatic carbocycles. The van der Waals surface area contributed by atoms with Gasteiger partial charge in [0.2, 0.25) is 5.89 Å². The van der Waals surface area contributed by atoms with E-state index in [1.807, 2.05) is 0 Å². The SMILES string of the molecule is C[C@H]1CN(Cc2nnc(-c3ccc(Br)o3)o2)C[C@H](C)O1. The highest BCUT2D eigenvalue weighted by Gasteiger charge is 2.24. The largest absolute Gasteiger partial charge is 0.444 e. The lowest BCUT2D eigenvalue weighted by Crippen LogP contribution is -2.44. The average Bonchev–Trinajstić information content (AvgIpc) is 2.96. The second kappa shape index (κ2) is 5.67. The number of halogens is 1. The van der Waals surface area contributed by atoms with Gasteiger partial charge in [-0.3, -0.25) is 4.90 Å². The molecule has 1 aliphatic heterocycles. The number of furan rings is 1. The van der Waals surface area contributed by atoms with Crippen molar-refractivity contribution < 1.29 is 13.6 Å². The molecule has 3 rings (SSSR count). The van der Waals surface area contributed by atoms with Crippen molar-refractivity contribution in [3.8, 4) is 11.7 Å². The first-order chi connectivity index (χ1) is 9.60. The molecule has 1 fully saturated rings. The zero-order valence-corrected chi connectivity index (χ0v) is 13.0. The van der Waals surface area contributed by atoms with Gasteiger partial charge in [-0.1, -0.05) is 0 Å². The van der Waals surface area contributed by atoms with Crippen LogP contribution in [0.1, 0.15) is 19.7 Å². The number of hydrogen-bond acceptors (Lipinski definition) is 6. The van der Waals surface area contributed by atoms with E-state index < -0.39 is 0 Å². The molecule has 108 valence electrons. The second-order valence-electron chi connectivity index (χ2n) is 5.06. The van der Waals surface area contributed by atoms with Gasteiger partial charge in [0, 0.05) is 13.1 Å². The molecule has 0 radical (unpaired) electrons. The molecule has 0 N–H and O–H groups in total. The van der Waals surface area contributed by atoms with Gasteiger partial charge in [-0.25, -0.2) is 0 Å². The standard InChI is InChI=1S/C13H16BrN3O3/c1-8-5-17(6-9(2)18-8)7-12-15-16-13(20-12)10-3-4-11(14)19-10/h3-4,8-9H,5-7H2,1-2H3/t8-,9-/m0/s1. The summed E-state index contributed by atoms with van der Waals surface area (Å²) in [5.74, 6) is 1.56. The van der Waals surface area contributed by atoms with E-state index in [1.54, 1.807) is 12.1 Å². The molecule has 2 aromatic heterocycles. The highest BCUT2D eigenvalue weighted by Crippen LogP contribution is 2.24. The van der Waals surface area contributed by atoms with E-state index >= 15 is 0 Å². The van der Waals surface area contributed by atoms with Gasteiger partial charge < -0.3 is 13.6 Å². The lowest BCUT2D eigenvalue weighted by atomic mass is 10.2. The van der Waals surface area contributed by atoms with Crippen molar-refractivity contribution in [3.05, 3.63) is 22.7 Å². The van der Waals surface area contributed by atoms with E-state index in [1.165, 1.54) is 0 Å². The zero-order valence-electron chi connectivity index (χ0n) is 11.4. The van der Waals surface area contributed by atoms with Gasteiger partial charge >= 0.3 is 0 Å². The molecule has 0 amide bonds. The van der Waals surface area contributed by atoms with Crippen molar-refractivity contribution in [1.82, 2.24) is 15.1 Å². The molecule has 7 heteroatoms. The minimum absolute atomic E-state index is 0.224. The Bertz CT molecular complexity index is 573. The van der Waals surface area contributed by atoms with Crippen LogP contribution in [0.15, 0.2) is 25.6 Å². The van der Waals surface area contributed by atoms with Gasteiger partial charge in [-0.05, 0) is 41.9 Å². The highest BCUT2D eigenvalue weighted by molar-refractivity contribution is 9.10. The minimum atomic E-state index is 0.224. The Labute approximate surface area is 125 Å². The molecule has 3 heterocycles. The Morgan fingerprint density at radius 2 is 1.95 bits per heavy atom. The van der Waals surface area contributed by atoms with Gasteiger partial charge in [-0.2, -0.15) is 0 Å². The summed E-state index contributed by atoms with van der Waals surface area (Å²) in [6.45, 7) is 6.51. The van der Waals surface area contributed by atoms with E-state index in [-0.39, 0.29) is 12.2 Å². The number of aromatic nitrogens is 2. The van der Waals surface area contributed by atoms with Crippen LogP contribution in [0.2, 0.25) is 0 Å². The third-order valence-corrected chi connectivity index (χ3v) is 3.53. The van der Waals surface area contributed by atoms with Crippen LogP contribution in [-0.4, -0.2) is 40.4 Å². The van der Waals surface area contributed by atoms with Gasteiger partial charge in [0.15, 0.2) is 10.4 Å². The van der Waals surface area contributed by atoms with Crippen LogP contribution in [-0.2, 0) is 11.3 Å². The Morgan fingerprint density at radius 3 is 2.60 bits per heavy atom. The van der Waals surface area contributed by atoms with Gasteiger partial charge in [0.05, 0.1) is 18.8 Å². The highest BCUT2D eigenvalue weighted by atomic mass is 79.9. The average molecular weight is 342 g/mol. The minimum Gasteiger partial charge on any atom is -0.444 e. The summed E-state index contributed by atoms with van der Waals surface area (Å²) >= 11 is 3.25. The van der Waals surface area contributed by atoms with Gasteiger partial charge in [0.25, 0.3) is 5.89 Å². The summed E-state index contributed by atoms with van der Waals surface area (Å²) in [7, 11) is 0. The number of ether oxygens (including phenoxy) is 1. The van der Waals surface area contributed by atoms with Crippen LogP contribution < -0.4 is 0 Å². The first-order valence-electron chi connectivity index (χ1n) is 6.56.